The molecule has 0 atom stereocenters. The highest BCUT2D eigenvalue weighted by molar-refractivity contribution is 6.16. The standard InChI is InChI=1S/C25H29N3O4/c1-6-32-22-11-17(5)18(12-20(22)15(2)3)13-21-24(30)28(25(31)27-21)14-23(29)26-19-9-7-8-16(4)10-19/h7-13,15H,6,14H2,1-5H3,(H,26,29)(H,27,31)/b21-13+. The van der Waals surface area contributed by atoms with Gasteiger partial charge in [0.05, 0.1) is 6.61 Å². The van der Waals surface area contributed by atoms with E-state index in [4.69, 9.17) is 4.74 Å². The lowest BCUT2D eigenvalue weighted by atomic mass is 9.96. The van der Waals surface area contributed by atoms with Crippen LogP contribution >= 0.6 is 0 Å². The number of carbonyl (C=O) groups excluding carboxylic acids is 3. The molecule has 168 valence electrons. The molecule has 0 unspecified atom stereocenters. The van der Waals surface area contributed by atoms with Crippen molar-refractivity contribution in [1.29, 1.82) is 0 Å². The van der Waals surface area contributed by atoms with Crippen LogP contribution in [-0.4, -0.2) is 35.9 Å². The molecule has 0 radical (unpaired) electrons. The molecule has 1 aliphatic rings. The summed E-state index contributed by atoms with van der Waals surface area (Å²) in [5.74, 6) is 0.0665. The van der Waals surface area contributed by atoms with Crippen LogP contribution < -0.4 is 15.4 Å². The van der Waals surface area contributed by atoms with Gasteiger partial charge in [-0.3, -0.25) is 9.59 Å². The van der Waals surface area contributed by atoms with Gasteiger partial charge in [-0.2, -0.15) is 0 Å². The molecule has 0 bridgehead atoms. The smallest absolute Gasteiger partial charge is 0.329 e. The largest absolute Gasteiger partial charge is 0.494 e. The topological polar surface area (TPSA) is 87.7 Å². The molecule has 0 spiro atoms. The van der Waals surface area contributed by atoms with E-state index in [2.05, 4.69) is 24.5 Å². The van der Waals surface area contributed by atoms with Crippen LogP contribution in [0.5, 0.6) is 5.75 Å². The normalized spacial score (nSPS) is 14.8. The Morgan fingerprint density at radius 3 is 2.59 bits per heavy atom. The van der Waals surface area contributed by atoms with Gasteiger partial charge in [0.15, 0.2) is 0 Å². The molecule has 2 aromatic rings. The molecule has 1 heterocycles. The summed E-state index contributed by atoms with van der Waals surface area (Å²) >= 11 is 0. The first-order valence-electron chi connectivity index (χ1n) is 10.7. The van der Waals surface area contributed by atoms with Crippen LogP contribution in [0.3, 0.4) is 0 Å². The summed E-state index contributed by atoms with van der Waals surface area (Å²) in [7, 11) is 0. The average molecular weight is 436 g/mol. The average Bonchev–Trinajstić information content (AvgIpc) is 2.97. The first-order valence-corrected chi connectivity index (χ1v) is 10.7. The second kappa shape index (κ2) is 9.68. The molecule has 1 aliphatic heterocycles. The first-order chi connectivity index (χ1) is 15.2. The number of hydrogen-bond donors (Lipinski definition) is 2. The van der Waals surface area contributed by atoms with Crippen LogP contribution in [0.4, 0.5) is 10.5 Å². The number of imide groups is 1. The minimum atomic E-state index is -0.617. The van der Waals surface area contributed by atoms with Crippen molar-refractivity contribution in [3.63, 3.8) is 0 Å². The van der Waals surface area contributed by atoms with Crippen molar-refractivity contribution < 1.29 is 19.1 Å². The number of nitrogens with zero attached hydrogens (tertiary/aromatic N) is 1. The van der Waals surface area contributed by atoms with E-state index in [0.29, 0.717) is 12.3 Å². The summed E-state index contributed by atoms with van der Waals surface area (Å²) in [5, 5.41) is 5.30. The van der Waals surface area contributed by atoms with E-state index in [1.807, 2.05) is 51.1 Å². The van der Waals surface area contributed by atoms with Gasteiger partial charge >= 0.3 is 6.03 Å². The van der Waals surface area contributed by atoms with Gasteiger partial charge < -0.3 is 15.4 Å². The second-order valence-electron chi connectivity index (χ2n) is 8.13. The lowest BCUT2D eigenvalue weighted by Gasteiger charge is -2.16. The number of benzene rings is 2. The number of anilines is 1. The van der Waals surface area contributed by atoms with Gasteiger partial charge in [0.2, 0.25) is 5.91 Å². The molecule has 7 heteroatoms. The molecular weight excluding hydrogens is 406 g/mol. The van der Waals surface area contributed by atoms with Gasteiger partial charge in [-0.25, -0.2) is 9.69 Å². The Morgan fingerprint density at radius 1 is 1.19 bits per heavy atom. The number of ether oxygens (including phenoxy) is 1. The van der Waals surface area contributed by atoms with E-state index in [9.17, 15) is 14.4 Å². The zero-order valence-electron chi connectivity index (χ0n) is 19.1. The Morgan fingerprint density at radius 2 is 1.94 bits per heavy atom. The quantitative estimate of drug-likeness (QED) is 0.500. The van der Waals surface area contributed by atoms with E-state index in [0.717, 1.165) is 32.9 Å². The molecule has 3 rings (SSSR count). The first kappa shape index (κ1) is 23.1. The Balaban J connectivity index is 1.79. The number of rotatable bonds is 7. The Labute approximate surface area is 188 Å². The number of amides is 4. The van der Waals surface area contributed by atoms with Crippen LogP contribution in [0.25, 0.3) is 6.08 Å². The molecule has 1 saturated heterocycles. The van der Waals surface area contributed by atoms with Crippen LogP contribution in [0, 0.1) is 13.8 Å². The van der Waals surface area contributed by atoms with Crippen molar-refractivity contribution in [2.75, 3.05) is 18.5 Å². The van der Waals surface area contributed by atoms with Gasteiger partial charge in [0.25, 0.3) is 5.91 Å². The maximum Gasteiger partial charge on any atom is 0.329 e. The third kappa shape index (κ3) is 5.17. The monoisotopic (exact) mass is 435 g/mol. The minimum Gasteiger partial charge on any atom is -0.494 e. The SMILES string of the molecule is CCOc1cc(C)c(/C=C2/NC(=O)N(CC(=O)Nc3cccc(C)c3)C2=O)cc1C(C)C. The maximum absolute atomic E-state index is 12.8. The molecule has 7 nitrogen and oxygen atoms in total. The predicted octanol–water partition coefficient (Wildman–Crippen LogP) is 4.36. The number of urea groups is 1. The fraction of sp³-hybridized carbons (Fsp3) is 0.320. The molecule has 4 amide bonds. The lowest BCUT2D eigenvalue weighted by Crippen LogP contribution is -2.38. The third-order valence-corrected chi connectivity index (χ3v) is 5.19. The van der Waals surface area contributed by atoms with Crippen molar-refractivity contribution >= 4 is 29.6 Å². The van der Waals surface area contributed by atoms with Crippen molar-refractivity contribution in [3.05, 3.63) is 64.3 Å². The molecular formula is C25H29N3O4. The van der Waals surface area contributed by atoms with Gasteiger partial charge in [-0.05, 0) is 79.3 Å². The van der Waals surface area contributed by atoms with E-state index in [1.54, 1.807) is 12.1 Å². The summed E-state index contributed by atoms with van der Waals surface area (Å²) in [6, 6.07) is 10.6. The van der Waals surface area contributed by atoms with Crippen molar-refractivity contribution in [3.8, 4) is 5.75 Å². The van der Waals surface area contributed by atoms with Crippen LogP contribution in [0.15, 0.2) is 42.1 Å². The number of hydrogen-bond acceptors (Lipinski definition) is 4. The predicted molar refractivity (Wildman–Crippen MR) is 124 cm³/mol. The zero-order chi connectivity index (χ0) is 23.4. The van der Waals surface area contributed by atoms with Crippen LogP contribution in [0.2, 0.25) is 0 Å². The molecule has 0 aliphatic carbocycles. The number of aryl methyl sites for hydroxylation is 2. The number of carbonyl (C=O) groups is 3. The van der Waals surface area contributed by atoms with Gasteiger partial charge in [0.1, 0.15) is 18.0 Å². The molecule has 2 N–H and O–H groups in total. The Kier molecular flexibility index (Phi) is 6.98. The molecule has 32 heavy (non-hydrogen) atoms. The highest BCUT2D eigenvalue weighted by Crippen LogP contribution is 2.31. The minimum absolute atomic E-state index is 0.139. The molecule has 0 saturated carbocycles. The molecule has 1 fully saturated rings. The lowest BCUT2D eigenvalue weighted by molar-refractivity contribution is -0.127. The molecule has 2 aromatic carbocycles. The Hall–Kier alpha value is -3.61. The van der Waals surface area contributed by atoms with Crippen molar-refractivity contribution in [1.82, 2.24) is 10.2 Å². The summed E-state index contributed by atoms with van der Waals surface area (Å²) in [6.07, 6.45) is 1.65. The summed E-state index contributed by atoms with van der Waals surface area (Å²) in [6.45, 7) is 10.1. The number of nitrogens with one attached hydrogen (secondary N) is 2. The fourth-order valence-electron chi connectivity index (χ4n) is 3.54. The zero-order valence-corrected chi connectivity index (χ0v) is 19.1. The van der Waals surface area contributed by atoms with Gasteiger partial charge in [-0.15, -0.1) is 0 Å². The molecule has 0 aromatic heterocycles. The highest BCUT2D eigenvalue weighted by Gasteiger charge is 2.35. The van der Waals surface area contributed by atoms with E-state index in [-0.39, 0.29) is 18.2 Å². The summed E-state index contributed by atoms with van der Waals surface area (Å²) in [5.41, 5.74) is 4.50. The Bertz CT molecular complexity index is 1090. The van der Waals surface area contributed by atoms with E-state index >= 15 is 0 Å². The summed E-state index contributed by atoms with van der Waals surface area (Å²) in [4.78, 5) is 38.5. The van der Waals surface area contributed by atoms with E-state index < -0.39 is 17.8 Å². The second-order valence-corrected chi connectivity index (χ2v) is 8.13. The van der Waals surface area contributed by atoms with Crippen LogP contribution in [-0.2, 0) is 9.59 Å². The highest BCUT2D eigenvalue weighted by atomic mass is 16.5. The third-order valence-electron chi connectivity index (χ3n) is 5.19. The van der Waals surface area contributed by atoms with Gasteiger partial charge in [0, 0.05) is 5.69 Å². The van der Waals surface area contributed by atoms with E-state index in [1.165, 1.54) is 0 Å². The van der Waals surface area contributed by atoms with Crippen LogP contribution in [0.1, 0.15) is 48.9 Å². The summed E-state index contributed by atoms with van der Waals surface area (Å²) < 4.78 is 5.75. The van der Waals surface area contributed by atoms with Gasteiger partial charge in [-0.1, -0.05) is 26.0 Å². The fourth-order valence-corrected chi connectivity index (χ4v) is 3.54. The maximum atomic E-state index is 12.8. The van der Waals surface area contributed by atoms with Crippen molar-refractivity contribution in [2.24, 2.45) is 0 Å². The van der Waals surface area contributed by atoms with Crippen molar-refractivity contribution in [2.45, 2.75) is 40.5 Å².